The molecule has 0 aromatic carbocycles. The SMILES string of the molecule is CCC(CC1CCCCC1)C(=O)NCCC(C)N.Cl. The summed E-state index contributed by atoms with van der Waals surface area (Å²) in [4.78, 5) is 12.1. The van der Waals surface area contributed by atoms with Crippen molar-refractivity contribution >= 4 is 18.3 Å². The molecule has 1 saturated carbocycles. The van der Waals surface area contributed by atoms with Gasteiger partial charge in [0.25, 0.3) is 0 Å². The largest absolute Gasteiger partial charge is 0.356 e. The summed E-state index contributed by atoms with van der Waals surface area (Å²) in [5.41, 5.74) is 5.69. The van der Waals surface area contributed by atoms with E-state index in [1.54, 1.807) is 0 Å². The molecule has 1 aliphatic carbocycles. The van der Waals surface area contributed by atoms with Crippen LogP contribution in [0, 0.1) is 11.8 Å². The predicted molar refractivity (Wildman–Crippen MR) is 83.5 cm³/mol. The van der Waals surface area contributed by atoms with Crippen molar-refractivity contribution in [2.45, 2.75) is 71.3 Å². The van der Waals surface area contributed by atoms with Crippen molar-refractivity contribution in [2.75, 3.05) is 6.54 Å². The number of halogens is 1. The van der Waals surface area contributed by atoms with E-state index in [2.05, 4.69) is 12.2 Å². The summed E-state index contributed by atoms with van der Waals surface area (Å²) in [5.74, 6) is 1.23. The molecule has 1 aliphatic rings. The topological polar surface area (TPSA) is 55.1 Å². The van der Waals surface area contributed by atoms with E-state index in [-0.39, 0.29) is 30.3 Å². The minimum absolute atomic E-state index is 0. The van der Waals surface area contributed by atoms with E-state index in [0.29, 0.717) is 0 Å². The third-order valence-corrected chi connectivity index (χ3v) is 4.11. The van der Waals surface area contributed by atoms with Crippen LogP contribution in [-0.4, -0.2) is 18.5 Å². The molecule has 0 saturated heterocycles. The molecule has 2 unspecified atom stereocenters. The molecule has 1 rings (SSSR count). The van der Waals surface area contributed by atoms with Crippen LogP contribution in [0.4, 0.5) is 0 Å². The van der Waals surface area contributed by atoms with Gasteiger partial charge in [0.1, 0.15) is 0 Å². The Morgan fingerprint density at radius 1 is 1.32 bits per heavy atom. The minimum Gasteiger partial charge on any atom is -0.356 e. The number of carbonyl (C=O) groups is 1. The maximum Gasteiger partial charge on any atom is 0.223 e. The van der Waals surface area contributed by atoms with Crippen molar-refractivity contribution in [1.82, 2.24) is 5.32 Å². The Bertz CT molecular complexity index is 240. The van der Waals surface area contributed by atoms with Crippen molar-refractivity contribution in [3.05, 3.63) is 0 Å². The average Bonchev–Trinajstić information content (AvgIpc) is 2.36. The van der Waals surface area contributed by atoms with Crippen LogP contribution < -0.4 is 11.1 Å². The molecular formula is C15H31ClN2O. The van der Waals surface area contributed by atoms with E-state index in [4.69, 9.17) is 5.73 Å². The Kier molecular flexibility index (Phi) is 10.3. The lowest BCUT2D eigenvalue weighted by Gasteiger charge is -2.25. The van der Waals surface area contributed by atoms with Gasteiger partial charge in [-0.15, -0.1) is 12.4 Å². The standard InChI is InChI=1S/C15H30N2O.ClH/c1-3-14(11-13-7-5-4-6-8-13)15(18)17-10-9-12(2)16;/h12-14H,3-11,16H2,1-2H3,(H,17,18);1H. The maximum atomic E-state index is 12.1. The van der Waals surface area contributed by atoms with E-state index >= 15 is 0 Å². The zero-order valence-electron chi connectivity index (χ0n) is 12.5. The molecule has 0 aromatic rings. The van der Waals surface area contributed by atoms with E-state index in [9.17, 15) is 4.79 Å². The zero-order valence-corrected chi connectivity index (χ0v) is 13.3. The molecule has 0 spiro atoms. The molecule has 0 radical (unpaired) electrons. The first kappa shape index (κ1) is 18.7. The molecule has 1 amide bonds. The number of amides is 1. The molecule has 19 heavy (non-hydrogen) atoms. The molecule has 114 valence electrons. The molecule has 1 fully saturated rings. The Morgan fingerprint density at radius 2 is 1.95 bits per heavy atom. The van der Waals surface area contributed by atoms with Gasteiger partial charge in [-0.2, -0.15) is 0 Å². The van der Waals surface area contributed by atoms with Gasteiger partial charge in [-0.25, -0.2) is 0 Å². The summed E-state index contributed by atoms with van der Waals surface area (Å²) in [7, 11) is 0. The van der Waals surface area contributed by atoms with Crippen molar-refractivity contribution in [3.63, 3.8) is 0 Å². The van der Waals surface area contributed by atoms with Gasteiger partial charge < -0.3 is 11.1 Å². The van der Waals surface area contributed by atoms with Gasteiger partial charge in [0.2, 0.25) is 5.91 Å². The first-order valence-electron chi connectivity index (χ1n) is 7.66. The number of nitrogens with one attached hydrogen (secondary N) is 1. The summed E-state index contributed by atoms with van der Waals surface area (Å²) in [6.45, 7) is 4.82. The second-order valence-corrected chi connectivity index (χ2v) is 5.90. The normalized spacial score (nSPS) is 19.3. The lowest BCUT2D eigenvalue weighted by molar-refractivity contribution is -0.125. The van der Waals surface area contributed by atoms with Crippen molar-refractivity contribution in [3.8, 4) is 0 Å². The van der Waals surface area contributed by atoms with Crippen LogP contribution in [0.25, 0.3) is 0 Å². The summed E-state index contributed by atoms with van der Waals surface area (Å²) in [5, 5.41) is 3.04. The molecule has 3 nitrogen and oxygen atoms in total. The molecule has 0 bridgehead atoms. The Labute approximate surface area is 124 Å². The smallest absolute Gasteiger partial charge is 0.223 e. The van der Waals surface area contributed by atoms with E-state index < -0.39 is 0 Å². The van der Waals surface area contributed by atoms with Gasteiger partial charge in [-0.3, -0.25) is 4.79 Å². The van der Waals surface area contributed by atoms with Crippen molar-refractivity contribution < 1.29 is 4.79 Å². The Hall–Kier alpha value is -0.280. The summed E-state index contributed by atoms with van der Waals surface area (Å²) in [6, 6.07) is 0.170. The molecule has 2 atom stereocenters. The molecule has 3 N–H and O–H groups in total. The van der Waals surface area contributed by atoms with Gasteiger partial charge >= 0.3 is 0 Å². The number of hydrogen-bond donors (Lipinski definition) is 2. The minimum atomic E-state index is 0. The lowest BCUT2D eigenvalue weighted by Crippen LogP contribution is -2.34. The van der Waals surface area contributed by atoms with Gasteiger partial charge in [-0.05, 0) is 32.1 Å². The highest BCUT2D eigenvalue weighted by Crippen LogP contribution is 2.30. The lowest BCUT2D eigenvalue weighted by atomic mass is 9.82. The van der Waals surface area contributed by atoms with Crippen LogP contribution in [0.5, 0.6) is 0 Å². The highest BCUT2D eigenvalue weighted by atomic mass is 35.5. The first-order chi connectivity index (χ1) is 8.63. The van der Waals surface area contributed by atoms with E-state index in [1.807, 2.05) is 6.92 Å². The fourth-order valence-corrected chi connectivity index (χ4v) is 2.85. The number of carbonyl (C=O) groups excluding carboxylic acids is 1. The Morgan fingerprint density at radius 3 is 2.47 bits per heavy atom. The molecular weight excluding hydrogens is 260 g/mol. The molecule has 4 heteroatoms. The molecule has 0 heterocycles. The third-order valence-electron chi connectivity index (χ3n) is 4.11. The number of hydrogen-bond acceptors (Lipinski definition) is 2. The Balaban J connectivity index is 0.00000324. The van der Waals surface area contributed by atoms with Crippen LogP contribution in [-0.2, 0) is 4.79 Å². The van der Waals surface area contributed by atoms with Crippen molar-refractivity contribution in [1.29, 1.82) is 0 Å². The van der Waals surface area contributed by atoms with Crippen LogP contribution in [0.15, 0.2) is 0 Å². The van der Waals surface area contributed by atoms with Gasteiger partial charge in [0.15, 0.2) is 0 Å². The maximum absolute atomic E-state index is 12.1. The summed E-state index contributed by atoms with van der Waals surface area (Å²) in [6.07, 6.45) is 9.65. The molecule has 0 aliphatic heterocycles. The summed E-state index contributed by atoms with van der Waals surface area (Å²) >= 11 is 0. The van der Waals surface area contributed by atoms with E-state index in [1.165, 1.54) is 32.1 Å². The van der Waals surface area contributed by atoms with E-state index in [0.717, 1.165) is 31.7 Å². The van der Waals surface area contributed by atoms with Crippen molar-refractivity contribution in [2.24, 2.45) is 17.6 Å². The van der Waals surface area contributed by atoms with Crippen LogP contribution in [0.3, 0.4) is 0 Å². The van der Waals surface area contributed by atoms with Crippen LogP contribution in [0.1, 0.15) is 65.2 Å². The first-order valence-corrected chi connectivity index (χ1v) is 7.66. The predicted octanol–water partition coefficient (Wildman–Crippen LogP) is 3.26. The fourth-order valence-electron chi connectivity index (χ4n) is 2.85. The third kappa shape index (κ3) is 7.78. The van der Waals surface area contributed by atoms with Crippen LogP contribution in [0.2, 0.25) is 0 Å². The second kappa shape index (κ2) is 10.5. The second-order valence-electron chi connectivity index (χ2n) is 5.90. The summed E-state index contributed by atoms with van der Waals surface area (Å²) < 4.78 is 0. The quantitative estimate of drug-likeness (QED) is 0.756. The number of nitrogens with two attached hydrogens (primary N) is 1. The van der Waals surface area contributed by atoms with Crippen LogP contribution >= 0.6 is 12.4 Å². The fraction of sp³-hybridized carbons (Fsp3) is 0.933. The average molecular weight is 291 g/mol. The highest BCUT2D eigenvalue weighted by molar-refractivity contribution is 5.85. The number of rotatable bonds is 7. The molecule has 0 aromatic heterocycles. The van der Waals surface area contributed by atoms with Gasteiger partial charge in [0.05, 0.1) is 0 Å². The zero-order chi connectivity index (χ0) is 13.4. The highest BCUT2D eigenvalue weighted by Gasteiger charge is 2.22. The van der Waals surface area contributed by atoms with Gasteiger partial charge in [0, 0.05) is 18.5 Å². The monoisotopic (exact) mass is 290 g/mol. The van der Waals surface area contributed by atoms with Gasteiger partial charge in [-0.1, -0.05) is 39.0 Å².